The standard InChI is InChI=1S/C11H21NOS/c12-5-2-10-3-6-13-11(8-10)4-1-7-14-9-11/h10H,1-9,12H2. The van der Waals surface area contributed by atoms with Crippen molar-refractivity contribution < 1.29 is 4.74 Å². The molecule has 1 spiro atoms. The number of ether oxygens (including phenoxy) is 1. The minimum atomic E-state index is 0.237. The summed E-state index contributed by atoms with van der Waals surface area (Å²) in [5.41, 5.74) is 5.87. The molecular weight excluding hydrogens is 194 g/mol. The molecule has 0 saturated carbocycles. The van der Waals surface area contributed by atoms with Crippen molar-refractivity contribution >= 4 is 11.8 Å². The van der Waals surface area contributed by atoms with E-state index in [9.17, 15) is 0 Å². The molecule has 3 heteroatoms. The lowest BCUT2D eigenvalue weighted by atomic mass is 9.82. The summed E-state index contributed by atoms with van der Waals surface area (Å²) in [4.78, 5) is 0. The highest BCUT2D eigenvalue weighted by Crippen LogP contribution is 2.39. The van der Waals surface area contributed by atoms with Crippen LogP contribution in [0.1, 0.15) is 32.1 Å². The number of rotatable bonds is 2. The maximum absolute atomic E-state index is 6.02. The summed E-state index contributed by atoms with van der Waals surface area (Å²) in [6.45, 7) is 1.80. The van der Waals surface area contributed by atoms with Crippen LogP contribution in [0.4, 0.5) is 0 Å². The molecule has 2 atom stereocenters. The monoisotopic (exact) mass is 215 g/mol. The maximum atomic E-state index is 6.02. The Morgan fingerprint density at radius 1 is 1.50 bits per heavy atom. The molecule has 0 aromatic heterocycles. The molecule has 2 saturated heterocycles. The summed E-state index contributed by atoms with van der Waals surface area (Å²) >= 11 is 2.06. The van der Waals surface area contributed by atoms with Crippen LogP contribution in [0.3, 0.4) is 0 Å². The zero-order valence-electron chi connectivity index (χ0n) is 8.84. The lowest BCUT2D eigenvalue weighted by Crippen LogP contribution is -2.44. The second kappa shape index (κ2) is 4.86. The van der Waals surface area contributed by atoms with Crippen molar-refractivity contribution in [3.8, 4) is 0 Å². The molecular formula is C11H21NOS. The average Bonchev–Trinajstić information content (AvgIpc) is 2.19. The van der Waals surface area contributed by atoms with Gasteiger partial charge in [-0.15, -0.1) is 0 Å². The van der Waals surface area contributed by atoms with Gasteiger partial charge in [0.25, 0.3) is 0 Å². The molecule has 2 heterocycles. The van der Waals surface area contributed by atoms with Crippen molar-refractivity contribution in [2.75, 3.05) is 24.7 Å². The number of thioether (sulfide) groups is 1. The largest absolute Gasteiger partial charge is 0.374 e. The Kier molecular flexibility index (Phi) is 3.74. The van der Waals surface area contributed by atoms with Crippen LogP contribution in [0.25, 0.3) is 0 Å². The van der Waals surface area contributed by atoms with E-state index in [1.807, 2.05) is 0 Å². The van der Waals surface area contributed by atoms with Crippen LogP contribution in [-0.2, 0) is 4.74 Å². The fourth-order valence-corrected chi connectivity index (χ4v) is 3.92. The van der Waals surface area contributed by atoms with Crippen LogP contribution in [0.5, 0.6) is 0 Å². The molecule has 0 amide bonds. The Morgan fingerprint density at radius 2 is 2.43 bits per heavy atom. The fraction of sp³-hybridized carbons (Fsp3) is 1.00. The normalized spacial score (nSPS) is 38.8. The quantitative estimate of drug-likeness (QED) is 0.765. The molecule has 0 aromatic rings. The zero-order valence-corrected chi connectivity index (χ0v) is 9.65. The SMILES string of the molecule is NCCC1CCOC2(CCCSC2)C1. The van der Waals surface area contributed by atoms with Gasteiger partial charge in [0.05, 0.1) is 5.60 Å². The predicted molar refractivity (Wildman–Crippen MR) is 61.6 cm³/mol. The van der Waals surface area contributed by atoms with Gasteiger partial charge in [0.2, 0.25) is 0 Å². The molecule has 0 radical (unpaired) electrons. The van der Waals surface area contributed by atoms with Gasteiger partial charge in [-0.3, -0.25) is 0 Å². The predicted octanol–water partition coefficient (Wildman–Crippen LogP) is 2.03. The summed E-state index contributed by atoms with van der Waals surface area (Å²) in [6.07, 6.45) is 6.29. The van der Waals surface area contributed by atoms with Crippen molar-refractivity contribution in [2.24, 2.45) is 11.7 Å². The first-order valence-electron chi connectivity index (χ1n) is 5.76. The molecule has 82 valence electrons. The van der Waals surface area contributed by atoms with E-state index in [1.54, 1.807) is 0 Å². The summed E-state index contributed by atoms with van der Waals surface area (Å²) < 4.78 is 6.02. The van der Waals surface area contributed by atoms with E-state index in [4.69, 9.17) is 10.5 Å². The second-order valence-electron chi connectivity index (χ2n) is 4.62. The van der Waals surface area contributed by atoms with Crippen molar-refractivity contribution in [2.45, 2.75) is 37.7 Å². The molecule has 2 N–H and O–H groups in total. The van der Waals surface area contributed by atoms with Gasteiger partial charge in [-0.1, -0.05) is 0 Å². The number of nitrogens with two attached hydrogens (primary N) is 1. The van der Waals surface area contributed by atoms with E-state index in [0.29, 0.717) is 0 Å². The van der Waals surface area contributed by atoms with Crippen molar-refractivity contribution in [1.82, 2.24) is 0 Å². The minimum Gasteiger partial charge on any atom is -0.374 e. The van der Waals surface area contributed by atoms with Crippen molar-refractivity contribution in [1.29, 1.82) is 0 Å². The highest BCUT2D eigenvalue weighted by atomic mass is 32.2. The molecule has 2 fully saturated rings. The van der Waals surface area contributed by atoms with Gasteiger partial charge in [-0.2, -0.15) is 11.8 Å². The van der Waals surface area contributed by atoms with E-state index in [2.05, 4.69) is 11.8 Å². The molecule has 2 nitrogen and oxygen atoms in total. The Bertz CT molecular complexity index is 173. The van der Waals surface area contributed by atoms with Gasteiger partial charge in [0, 0.05) is 12.4 Å². The van der Waals surface area contributed by atoms with Gasteiger partial charge in [-0.05, 0) is 50.3 Å². The van der Waals surface area contributed by atoms with Crippen LogP contribution < -0.4 is 5.73 Å². The molecule has 0 bridgehead atoms. The van der Waals surface area contributed by atoms with Crippen LogP contribution in [0, 0.1) is 5.92 Å². The summed E-state index contributed by atoms with van der Waals surface area (Å²) in [5, 5.41) is 0. The van der Waals surface area contributed by atoms with E-state index in [1.165, 1.54) is 43.6 Å². The van der Waals surface area contributed by atoms with Crippen LogP contribution in [0.2, 0.25) is 0 Å². The number of hydrogen-bond donors (Lipinski definition) is 1. The van der Waals surface area contributed by atoms with Gasteiger partial charge in [0.15, 0.2) is 0 Å². The van der Waals surface area contributed by atoms with E-state index in [-0.39, 0.29) is 5.60 Å². The first kappa shape index (κ1) is 10.8. The summed E-state index contributed by atoms with van der Waals surface area (Å²) in [6, 6.07) is 0. The van der Waals surface area contributed by atoms with Crippen LogP contribution in [-0.4, -0.2) is 30.3 Å². The Hall–Kier alpha value is 0.270. The Morgan fingerprint density at radius 3 is 3.14 bits per heavy atom. The first-order chi connectivity index (χ1) is 6.85. The third-order valence-electron chi connectivity index (χ3n) is 3.46. The lowest BCUT2D eigenvalue weighted by molar-refractivity contribution is -0.0887. The molecule has 2 aliphatic rings. The number of hydrogen-bond acceptors (Lipinski definition) is 3. The van der Waals surface area contributed by atoms with Crippen molar-refractivity contribution in [3.05, 3.63) is 0 Å². The van der Waals surface area contributed by atoms with E-state index < -0.39 is 0 Å². The molecule has 0 aliphatic carbocycles. The molecule has 14 heavy (non-hydrogen) atoms. The lowest BCUT2D eigenvalue weighted by Gasteiger charge is -2.43. The summed E-state index contributed by atoms with van der Waals surface area (Å²) in [5.74, 6) is 3.37. The van der Waals surface area contributed by atoms with Gasteiger partial charge < -0.3 is 10.5 Å². The third kappa shape index (κ3) is 2.44. The molecule has 2 unspecified atom stereocenters. The van der Waals surface area contributed by atoms with Gasteiger partial charge >= 0.3 is 0 Å². The molecule has 0 aromatic carbocycles. The van der Waals surface area contributed by atoms with Gasteiger partial charge in [-0.25, -0.2) is 0 Å². The molecule has 2 rings (SSSR count). The molecule has 2 aliphatic heterocycles. The van der Waals surface area contributed by atoms with Crippen molar-refractivity contribution in [3.63, 3.8) is 0 Å². The topological polar surface area (TPSA) is 35.2 Å². The highest BCUT2D eigenvalue weighted by molar-refractivity contribution is 7.99. The third-order valence-corrected chi connectivity index (χ3v) is 4.76. The van der Waals surface area contributed by atoms with Crippen LogP contribution >= 0.6 is 11.8 Å². The first-order valence-corrected chi connectivity index (χ1v) is 6.92. The van der Waals surface area contributed by atoms with E-state index in [0.717, 1.165) is 19.1 Å². The maximum Gasteiger partial charge on any atom is 0.0775 e. The minimum absolute atomic E-state index is 0.237. The average molecular weight is 215 g/mol. The second-order valence-corrected chi connectivity index (χ2v) is 5.73. The zero-order chi connectivity index (χ0) is 9.86. The Balaban J connectivity index is 1.91. The summed E-state index contributed by atoms with van der Waals surface area (Å²) in [7, 11) is 0. The smallest absolute Gasteiger partial charge is 0.0775 e. The fourth-order valence-electron chi connectivity index (χ4n) is 2.71. The highest BCUT2D eigenvalue weighted by Gasteiger charge is 2.38. The Labute approximate surface area is 91.0 Å². The van der Waals surface area contributed by atoms with Crippen LogP contribution in [0.15, 0.2) is 0 Å². The van der Waals surface area contributed by atoms with E-state index >= 15 is 0 Å². The van der Waals surface area contributed by atoms with Gasteiger partial charge in [0.1, 0.15) is 0 Å².